The minimum absolute atomic E-state index is 0.00322. The maximum Gasteiger partial charge on any atom is 0.569 e. The van der Waals surface area contributed by atoms with Crippen LogP contribution in [0, 0.1) is 10.8 Å². The fraction of sp³-hybridized carbons (Fsp3) is 0.683. The summed E-state index contributed by atoms with van der Waals surface area (Å²) in [6.45, 7) is 67.8. The number of hydrogen-bond donors (Lipinski definition) is 2. The van der Waals surface area contributed by atoms with Crippen molar-refractivity contribution in [1.82, 2.24) is 15.0 Å². The minimum Gasteiger partial charge on any atom is -0.536 e. The average molecular weight is 2000 g/mol. The zero-order valence-electron chi connectivity index (χ0n) is 89.2. The third-order valence-electron chi connectivity index (χ3n) is 31.3. The van der Waals surface area contributed by atoms with Crippen molar-refractivity contribution in [1.29, 1.82) is 0 Å². The summed E-state index contributed by atoms with van der Waals surface area (Å²) in [5.74, 6) is 1.39. The molecule has 3 aromatic carbocycles. The average Bonchev–Trinajstić information content (AvgIpc) is 1.55. The van der Waals surface area contributed by atoms with Crippen molar-refractivity contribution in [3.05, 3.63) is 129 Å². The Bertz CT molecular complexity index is 5160. The van der Waals surface area contributed by atoms with Gasteiger partial charge in [-0.15, -0.1) is 0 Å². The lowest BCUT2D eigenvalue weighted by molar-refractivity contribution is -0.141. The second kappa shape index (κ2) is 37.6. The molecule has 9 fully saturated rings. The van der Waals surface area contributed by atoms with Crippen LogP contribution in [-0.2, 0) is 104 Å². The van der Waals surface area contributed by atoms with Crippen LogP contribution in [0.15, 0.2) is 73.1 Å². The Balaban J connectivity index is 0.000000144. The van der Waals surface area contributed by atoms with Crippen LogP contribution >= 0.6 is 0 Å². The Kier molecular flexibility index (Phi) is 29.7. The fourth-order valence-corrected chi connectivity index (χ4v) is 17.7. The number of nitrogens with one attached hydrogen (secondary N) is 1. The molecule has 5 saturated heterocycles. The first kappa shape index (κ1) is 112. The minimum atomic E-state index is -4.62. The molecule has 20 nitrogen and oxygen atoms in total. The molecule has 0 unspecified atom stereocenters. The molecular formula is C104H145B6F12N4O16. The number of benzene rings is 3. The van der Waals surface area contributed by atoms with Crippen LogP contribution in [0.25, 0.3) is 0 Å². The number of anilines is 1. The molecule has 18 rings (SSSR count). The van der Waals surface area contributed by atoms with Crippen LogP contribution < -0.4 is 56.2 Å². The van der Waals surface area contributed by atoms with E-state index < -0.39 is 113 Å². The van der Waals surface area contributed by atoms with E-state index in [0.29, 0.717) is 46.2 Å². The van der Waals surface area contributed by atoms with E-state index >= 15 is 0 Å². The summed E-state index contributed by atoms with van der Waals surface area (Å²) in [6, 6.07) is 16.6. The molecule has 0 bridgehead atoms. The van der Waals surface area contributed by atoms with E-state index in [4.69, 9.17) is 70.5 Å². The van der Waals surface area contributed by atoms with E-state index in [2.05, 4.69) is 132 Å². The molecule has 4 aliphatic carbocycles. The van der Waals surface area contributed by atoms with Crippen LogP contribution in [0.3, 0.4) is 0 Å². The summed E-state index contributed by atoms with van der Waals surface area (Å²) in [5.41, 5.74) is 1.30. The molecule has 1 radical (unpaired) electrons. The van der Waals surface area contributed by atoms with Crippen molar-refractivity contribution < 1.29 is 128 Å². The van der Waals surface area contributed by atoms with Gasteiger partial charge in [-0.3, -0.25) is 0 Å². The Hall–Kier alpha value is -6.98. The molecule has 8 aliphatic heterocycles. The highest BCUT2D eigenvalue weighted by Gasteiger charge is 2.62. The van der Waals surface area contributed by atoms with Gasteiger partial charge in [0.15, 0.2) is 0 Å². The highest BCUT2D eigenvalue weighted by atomic mass is 19.4. The number of halogens is 12. The number of rotatable bonds is 12. The maximum atomic E-state index is 13.7. The van der Waals surface area contributed by atoms with E-state index in [1.54, 1.807) is 12.1 Å². The number of alkyl halides is 12. The number of pyridine rings is 3. The monoisotopic (exact) mass is 2000 g/mol. The van der Waals surface area contributed by atoms with Gasteiger partial charge in [-0.2, -0.15) is 52.7 Å². The van der Waals surface area contributed by atoms with Crippen LogP contribution in [0.1, 0.15) is 355 Å². The molecule has 3 aromatic heterocycles. The van der Waals surface area contributed by atoms with Gasteiger partial charge in [0.1, 0.15) is 40.1 Å². The van der Waals surface area contributed by atoms with Gasteiger partial charge in [-0.05, 0) is 294 Å². The quantitative estimate of drug-likeness (QED) is 0.0862. The zero-order valence-corrected chi connectivity index (χ0v) is 89.2. The van der Waals surface area contributed by atoms with E-state index in [0.717, 1.165) is 87.0 Å². The van der Waals surface area contributed by atoms with Gasteiger partial charge < -0.3 is 80.5 Å². The van der Waals surface area contributed by atoms with Gasteiger partial charge in [0.25, 0.3) is 0 Å². The van der Waals surface area contributed by atoms with E-state index in [-0.39, 0.29) is 101 Å². The highest BCUT2D eigenvalue weighted by Crippen LogP contribution is 2.63. The third-order valence-corrected chi connectivity index (χ3v) is 31.3. The summed E-state index contributed by atoms with van der Waals surface area (Å²) in [4.78, 5) is 11.3. The van der Waals surface area contributed by atoms with Crippen LogP contribution in [0.4, 0.5) is 58.5 Å². The molecule has 0 amide bonds. The van der Waals surface area contributed by atoms with Gasteiger partial charge in [-0.25, -0.2) is 15.0 Å². The Labute approximate surface area is 834 Å². The molecule has 12 aliphatic rings. The van der Waals surface area contributed by atoms with Gasteiger partial charge in [0, 0.05) is 62.2 Å². The van der Waals surface area contributed by atoms with Crippen molar-refractivity contribution >= 4 is 76.4 Å². The summed E-state index contributed by atoms with van der Waals surface area (Å²) in [7, 11) is -2.84. The van der Waals surface area contributed by atoms with Crippen LogP contribution in [0.5, 0.6) is 28.9 Å². The maximum absolute atomic E-state index is 13.7. The van der Waals surface area contributed by atoms with Crippen molar-refractivity contribution in [2.24, 2.45) is 10.8 Å². The van der Waals surface area contributed by atoms with Gasteiger partial charge in [0.05, 0.1) is 99.8 Å². The molecule has 4 saturated carbocycles. The molecule has 11 heterocycles. The topological polar surface area (TPSA) is 209 Å². The predicted molar refractivity (Wildman–Crippen MR) is 529 cm³/mol. The smallest absolute Gasteiger partial charge is 0.536 e. The van der Waals surface area contributed by atoms with Crippen molar-refractivity contribution in [2.75, 3.05) is 38.3 Å². The normalized spacial score (nSPS) is 22.7. The van der Waals surface area contributed by atoms with E-state index in [1.807, 2.05) is 145 Å². The van der Waals surface area contributed by atoms with Gasteiger partial charge >= 0.3 is 68.0 Å². The van der Waals surface area contributed by atoms with Crippen molar-refractivity contribution in [2.45, 2.75) is 412 Å². The molecule has 779 valence electrons. The van der Waals surface area contributed by atoms with Crippen LogP contribution in [0.2, 0.25) is 0 Å². The third kappa shape index (κ3) is 24.1. The second-order valence-corrected chi connectivity index (χ2v) is 50.3. The van der Waals surface area contributed by atoms with E-state index in [1.165, 1.54) is 78.2 Å². The first-order valence-corrected chi connectivity index (χ1v) is 49.5. The zero-order chi connectivity index (χ0) is 106. The Morgan fingerprint density at radius 1 is 0.338 bits per heavy atom. The first-order valence-electron chi connectivity index (χ1n) is 49.5. The molecule has 0 atom stereocenters. The number of nitrogens with zero attached hydrogens (tertiary/aromatic N) is 3. The number of aromatic nitrogens is 3. The Morgan fingerprint density at radius 2 is 0.662 bits per heavy atom. The summed E-state index contributed by atoms with van der Waals surface area (Å²) in [6.07, 6.45) is -3.17. The van der Waals surface area contributed by atoms with Gasteiger partial charge in [-0.1, -0.05) is 120 Å². The molecule has 142 heavy (non-hydrogen) atoms. The number of fused-ring (bicyclic) bond motifs is 6. The lowest BCUT2D eigenvalue weighted by atomic mass is 9.71. The fourth-order valence-electron chi connectivity index (χ4n) is 17.7. The van der Waals surface area contributed by atoms with E-state index in [9.17, 15) is 52.7 Å². The van der Waals surface area contributed by atoms with Crippen molar-refractivity contribution in [3.8, 4) is 28.9 Å². The SMILES string of the molecule is CC(C)(C)CNc1ncc(B2OC(C)(C)C(C)(C)O2)cc1C(F)(F)F.CC(C)(C)COc1ncc(O[B]O)cc1C(F)(F)F.CC(C)(C)c1cc(B2OC(C)(C)C(C)(C)O2)cc(C(F)(F)F)n1.CC(C)(C)c1cc(B2OC(C)(C)C(C)(C)O2)cc2c1OCCC21CC1.CC1(C)OB(c2cc(C(F)(F)F)c3c(c2)C2(CCO3)CC2)OC1(C)C.CC1(c2cc(B3OC(C)(C)C(C)(C)O3)cc3c2OCCC32CC2)CC1. The second-order valence-electron chi connectivity index (χ2n) is 50.3. The predicted octanol–water partition coefficient (Wildman–Crippen LogP) is 21.8. The molecule has 6 aromatic rings. The van der Waals surface area contributed by atoms with Crippen molar-refractivity contribution in [3.63, 3.8) is 0 Å². The molecule has 2 N–H and O–H groups in total. The number of hydrogen-bond acceptors (Lipinski definition) is 20. The molecule has 3 spiro atoms. The van der Waals surface area contributed by atoms with Gasteiger partial charge in [0.2, 0.25) is 5.88 Å². The summed E-state index contributed by atoms with van der Waals surface area (Å²) in [5, 5.41) is 11.2. The lowest BCUT2D eigenvalue weighted by Gasteiger charge is -2.33. The molecular weight excluding hydrogens is 1850 g/mol. The standard InChI is InChI=1S/C21H29BO3.C21H31BO3.C18H22BF3O3.C17H26BF3N2O2.C16H23BF3NO2.C11H14BF3NO3/c1-18(2)19(3,4)25-22(24-18)14-12-15(20(5)6-7-20)17-16(13-14)21(8-9-21)10-11-23-17;1-18(2,3)15-12-14(22-24-19(4,5)20(6,7)25-22)13-16-17(15)23-11-10-21(16)8-9-21;1-15(2)16(3,4)25-19(24-15)11-9-12-14(13(10-11)18(20,21)22)23-8-7-17(12)5-6-17;1-14(2,3)10-23-13-12(17(19,20)21)8-11(9-22-13)18-24-15(4,5)16(6,7)25-18;1-13(2,3)11-8-10(9-12(21-11)16(18,19)20)17-22-14(4,5)15(6,7)23-17;1-10(2,3)6-18-9-8(11(13,14)15)4-7(5-16-9)19-12-17/h12-13H,6-11H2,1-5H3;12-13H,8-11H2,1-7H3;9-10H,5-8H2,1-4H3;8-9H,10H2,1-7H3,(H,22,23);8-9H,1-7H3;4-5,17H,6H2,1-3H3. The summed E-state index contributed by atoms with van der Waals surface area (Å²) < 4.78 is 248. The lowest BCUT2D eigenvalue weighted by Crippen LogP contribution is -2.41. The molecule has 38 heteroatoms. The largest absolute Gasteiger partial charge is 0.569 e. The Morgan fingerprint density at radius 3 is 0.993 bits per heavy atom. The number of ether oxygens (including phenoxy) is 4. The first-order chi connectivity index (χ1) is 64.5. The van der Waals surface area contributed by atoms with Crippen LogP contribution in [-0.4, -0.2) is 152 Å². The summed E-state index contributed by atoms with van der Waals surface area (Å²) >= 11 is 0. The highest BCUT2D eigenvalue weighted by molar-refractivity contribution is 6.64.